The predicted octanol–water partition coefficient (Wildman–Crippen LogP) is 2.87. The molecule has 1 aliphatic carbocycles. The van der Waals surface area contributed by atoms with E-state index in [2.05, 4.69) is 11.2 Å². The molecule has 10 nitrogen and oxygen atoms in total. The Hall–Kier alpha value is -3.97. The van der Waals surface area contributed by atoms with E-state index < -0.39 is 0 Å². The number of piperidine rings is 1. The van der Waals surface area contributed by atoms with Crippen LogP contribution in [-0.4, -0.2) is 58.8 Å². The zero-order valence-electron chi connectivity index (χ0n) is 20.6. The molecule has 0 atom stereocenters. The van der Waals surface area contributed by atoms with E-state index in [0.717, 1.165) is 43.4 Å². The molecule has 0 radical (unpaired) electrons. The van der Waals surface area contributed by atoms with E-state index in [1.54, 1.807) is 38.2 Å². The highest BCUT2D eigenvalue weighted by Gasteiger charge is 2.28. The molecule has 1 saturated heterocycles. The predicted molar refractivity (Wildman–Crippen MR) is 137 cm³/mol. The molecule has 10 heteroatoms. The molecular weight excluding hydrogens is 470 g/mol. The van der Waals surface area contributed by atoms with Crippen LogP contribution in [0.15, 0.2) is 41.5 Å². The van der Waals surface area contributed by atoms with Gasteiger partial charge < -0.3 is 10.0 Å². The van der Waals surface area contributed by atoms with Gasteiger partial charge in [0.15, 0.2) is 5.65 Å². The summed E-state index contributed by atoms with van der Waals surface area (Å²) in [6, 6.07) is 9.24. The largest absolute Gasteiger partial charge is 0.393 e. The van der Waals surface area contributed by atoms with Crippen molar-refractivity contribution in [3.05, 3.63) is 52.7 Å². The van der Waals surface area contributed by atoms with E-state index in [1.807, 2.05) is 17.0 Å². The van der Waals surface area contributed by atoms with E-state index in [-0.39, 0.29) is 30.3 Å². The molecule has 2 fully saturated rings. The summed E-state index contributed by atoms with van der Waals surface area (Å²) < 4.78 is 4.97. The lowest BCUT2D eigenvalue weighted by atomic mass is 9.93. The van der Waals surface area contributed by atoms with Gasteiger partial charge in [0, 0.05) is 30.9 Å². The Morgan fingerprint density at radius 1 is 1.08 bits per heavy atom. The van der Waals surface area contributed by atoms with Crippen LogP contribution in [0.3, 0.4) is 0 Å². The molecule has 0 aromatic carbocycles. The molecule has 4 aromatic heterocycles. The highest BCUT2D eigenvalue weighted by molar-refractivity contribution is 5.84. The molecule has 0 bridgehead atoms. The topological polar surface area (TPSA) is 121 Å². The molecule has 6 rings (SSSR count). The minimum absolute atomic E-state index is 0.0129. The number of rotatable bonds is 4. The van der Waals surface area contributed by atoms with Crippen LogP contribution in [0.4, 0.5) is 0 Å². The Bertz CT molecular complexity index is 1580. The summed E-state index contributed by atoms with van der Waals surface area (Å²) in [4.78, 5) is 33.7. The van der Waals surface area contributed by atoms with Gasteiger partial charge in [-0.15, -0.1) is 0 Å². The number of amides is 1. The van der Waals surface area contributed by atoms with Crippen LogP contribution in [0, 0.1) is 11.3 Å². The first-order valence-corrected chi connectivity index (χ1v) is 13.0. The number of aliphatic hydroxyl groups excluding tert-OH is 1. The number of carbonyl (C=O) groups excluding carboxylic acids is 1. The summed E-state index contributed by atoms with van der Waals surface area (Å²) in [5, 5.41) is 23.8. The van der Waals surface area contributed by atoms with Crippen LogP contribution in [0.1, 0.15) is 56.6 Å². The Kier molecular flexibility index (Phi) is 6.00. The quantitative estimate of drug-likeness (QED) is 0.461. The van der Waals surface area contributed by atoms with Crippen LogP contribution < -0.4 is 5.69 Å². The number of imidazole rings is 1. The molecule has 4 aromatic rings. The van der Waals surface area contributed by atoms with Crippen molar-refractivity contribution in [1.29, 1.82) is 5.26 Å². The summed E-state index contributed by atoms with van der Waals surface area (Å²) in [5.74, 6) is -0.0457. The molecule has 0 spiro atoms. The SMILES string of the molecule is N#Cc1ccn2ncc(-c3ccc4c(n3)n([C@H]3CC[C@H](O)CC3)c(=O)n4CC(=O)N3CCCCC3)c2c1. The third kappa shape index (κ3) is 4.19. The molecule has 2 aliphatic rings. The number of likely N-dealkylation sites (tertiary alicyclic amines) is 1. The summed E-state index contributed by atoms with van der Waals surface area (Å²) in [5.41, 5.74) is 3.59. The minimum Gasteiger partial charge on any atom is -0.393 e. The lowest BCUT2D eigenvalue weighted by Crippen LogP contribution is -2.40. The number of nitriles is 1. The Labute approximate surface area is 213 Å². The van der Waals surface area contributed by atoms with Gasteiger partial charge in [-0.2, -0.15) is 10.4 Å². The number of hydrogen-bond acceptors (Lipinski definition) is 6. The van der Waals surface area contributed by atoms with Crippen molar-refractivity contribution in [2.45, 2.75) is 63.6 Å². The zero-order chi connectivity index (χ0) is 25.5. The highest BCUT2D eigenvalue weighted by Crippen LogP contribution is 2.32. The zero-order valence-corrected chi connectivity index (χ0v) is 20.6. The molecule has 1 aliphatic heterocycles. The number of fused-ring (bicyclic) bond motifs is 2. The maximum Gasteiger partial charge on any atom is 0.331 e. The average molecular weight is 500 g/mol. The van der Waals surface area contributed by atoms with Gasteiger partial charge in [0.25, 0.3) is 0 Å². The van der Waals surface area contributed by atoms with Crippen molar-refractivity contribution in [2.75, 3.05) is 13.1 Å². The maximum atomic E-state index is 13.8. The van der Waals surface area contributed by atoms with Crippen molar-refractivity contribution < 1.29 is 9.90 Å². The van der Waals surface area contributed by atoms with Crippen LogP contribution >= 0.6 is 0 Å². The molecule has 0 unspecified atom stereocenters. The molecule has 1 amide bonds. The van der Waals surface area contributed by atoms with E-state index in [1.165, 1.54) is 0 Å². The Morgan fingerprint density at radius 2 is 1.86 bits per heavy atom. The summed E-state index contributed by atoms with van der Waals surface area (Å²) >= 11 is 0. The first-order chi connectivity index (χ1) is 18.0. The van der Waals surface area contributed by atoms with Gasteiger partial charge in [-0.05, 0) is 69.2 Å². The third-order valence-corrected chi connectivity index (χ3v) is 7.77. The second-order valence-corrected chi connectivity index (χ2v) is 10.1. The fourth-order valence-corrected chi connectivity index (χ4v) is 5.73. The number of hydrogen-bond donors (Lipinski definition) is 1. The monoisotopic (exact) mass is 499 g/mol. The molecule has 1 N–H and O–H groups in total. The number of pyridine rings is 2. The van der Waals surface area contributed by atoms with Gasteiger partial charge in [0.2, 0.25) is 5.91 Å². The van der Waals surface area contributed by atoms with E-state index in [4.69, 9.17) is 4.98 Å². The third-order valence-electron chi connectivity index (χ3n) is 7.77. The average Bonchev–Trinajstić information content (AvgIpc) is 3.47. The molecular formula is C27H29N7O3. The van der Waals surface area contributed by atoms with Crippen molar-refractivity contribution in [1.82, 2.24) is 28.6 Å². The van der Waals surface area contributed by atoms with Gasteiger partial charge in [-0.25, -0.2) is 14.3 Å². The molecule has 5 heterocycles. The van der Waals surface area contributed by atoms with Crippen LogP contribution in [-0.2, 0) is 11.3 Å². The smallest absolute Gasteiger partial charge is 0.331 e. The first kappa shape index (κ1) is 23.4. The van der Waals surface area contributed by atoms with Crippen LogP contribution in [0.5, 0.6) is 0 Å². The number of aliphatic hydroxyl groups is 1. The lowest BCUT2D eigenvalue weighted by molar-refractivity contribution is -0.132. The van der Waals surface area contributed by atoms with Crippen molar-refractivity contribution in [2.24, 2.45) is 0 Å². The molecule has 37 heavy (non-hydrogen) atoms. The second kappa shape index (κ2) is 9.48. The Balaban J connectivity index is 1.47. The molecule has 1 saturated carbocycles. The van der Waals surface area contributed by atoms with Gasteiger partial charge in [0.1, 0.15) is 6.54 Å². The standard InChI is InChI=1S/C27H29N7O3/c28-15-18-10-13-33-24(14-18)21(16-29-33)22-8-9-23-26(30-22)34(19-4-6-20(35)7-5-19)27(37)32(23)17-25(36)31-11-2-1-3-12-31/h8-10,13-14,16,19-20,35H,1-7,11-12,17H2/t19-,20-. The van der Waals surface area contributed by atoms with E-state index in [9.17, 15) is 20.0 Å². The van der Waals surface area contributed by atoms with Gasteiger partial charge in [0.05, 0.1) is 40.7 Å². The fourth-order valence-electron chi connectivity index (χ4n) is 5.73. The van der Waals surface area contributed by atoms with Gasteiger partial charge in [-0.3, -0.25) is 13.9 Å². The molecule has 190 valence electrons. The highest BCUT2D eigenvalue weighted by atomic mass is 16.3. The van der Waals surface area contributed by atoms with E-state index in [0.29, 0.717) is 48.1 Å². The van der Waals surface area contributed by atoms with Crippen molar-refractivity contribution in [3.63, 3.8) is 0 Å². The van der Waals surface area contributed by atoms with E-state index >= 15 is 0 Å². The fraction of sp³-hybridized carbons (Fsp3) is 0.444. The summed E-state index contributed by atoms with van der Waals surface area (Å²) in [7, 11) is 0. The van der Waals surface area contributed by atoms with Crippen molar-refractivity contribution >= 4 is 22.6 Å². The maximum absolute atomic E-state index is 13.8. The first-order valence-electron chi connectivity index (χ1n) is 13.0. The lowest BCUT2D eigenvalue weighted by Gasteiger charge is -2.27. The van der Waals surface area contributed by atoms with Gasteiger partial charge >= 0.3 is 5.69 Å². The van der Waals surface area contributed by atoms with Crippen LogP contribution in [0.25, 0.3) is 27.9 Å². The second-order valence-electron chi connectivity index (χ2n) is 10.1. The number of nitrogens with zero attached hydrogens (tertiary/aromatic N) is 7. The summed E-state index contributed by atoms with van der Waals surface area (Å²) in [6.45, 7) is 1.45. The van der Waals surface area contributed by atoms with Gasteiger partial charge in [-0.1, -0.05) is 0 Å². The number of carbonyl (C=O) groups is 1. The van der Waals surface area contributed by atoms with Crippen LogP contribution in [0.2, 0.25) is 0 Å². The van der Waals surface area contributed by atoms with Crippen molar-refractivity contribution in [3.8, 4) is 17.3 Å². The minimum atomic E-state index is -0.349. The normalized spacial score (nSPS) is 20.4. The number of aromatic nitrogens is 5. The Morgan fingerprint density at radius 3 is 2.62 bits per heavy atom. The summed E-state index contributed by atoms with van der Waals surface area (Å²) in [6.07, 6.45) is 8.81.